The van der Waals surface area contributed by atoms with Crippen LogP contribution < -0.4 is 4.74 Å². The zero-order valence-corrected chi connectivity index (χ0v) is 14.6. The molecular formula is C20H18N4O2. The number of pyridine rings is 1. The number of ketones is 1. The standard InChI is InChI=1S/C20H18N4O2/c1-11-14-5-6-15-17(16(14)8-13(9-21)18(11)25)23-19(24-20(15)26-2)12-4-3-7-22-10-12/h3-4,7-8,10-11,14,16H,5-6H2,1-2H3. The number of hydrogen-bond donors (Lipinski definition) is 0. The predicted octanol–water partition coefficient (Wildman–Crippen LogP) is 2.86. The van der Waals surface area contributed by atoms with Crippen molar-refractivity contribution in [2.75, 3.05) is 7.11 Å². The highest BCUT2D eigenvalue weighted by Crippen LogP contribution is 2.46. The van der Waals surface area contributed by atoms with E-state index >= 15 is 0 Å². The van der Waals surface area contributed by atoms with Crippen molar-refractivity contribution in [3.05, 3.63) is 47.4 Å². The van der Waals surface area contributed by atoms with Crippen molar-refractivity contribution in [2.45, 2.75) is 25.7 Å². The number of nitriles is 1. The molecule has 0 bridgehead atoms. The number of carbonyl (C=O) groups excluding carboxylic acids is 1. The smallest absolute Gasteiger partial charge is 0.220 e. The lowest BCUT2D eigenvalue weighted by atomic mass is 9.66. The highest BCUT2D eigenvalue weighted by Gasteiger charge is 2.42. The summed E-state index contributed by atoms with van der Waals surface area (Å²) in [4.78, 5) is 25.9. The third-order valence-corrected chi connectivity index (χ3v) is 5.41. The molecule has 2 aliphatic rings. The van der Waals surface area contributed by atoms with Crippen molar-refractivity contribution in [1.29, 1.82) is 5.26 Å². The Labute approximate surface area is 151 Å². The van der Waals surface area contributed by atoms with Crippen molar-refractivity contribution in [3.63, 3.8) is 0 Å². The molecule has 130 valence electrons. The molecule has 6 nitrogen and oxygen atoms in total. The molecule has 0 saturated carbocycles. The van der Waals surface area contributed by atoms with Crippen LogP contribution in [0, 0.1) is 23.2 Å². The van der Waals surface area contributed by atoms with Gasteiger partial charge in [-0.05, 0) is 30.9 Å². The summed E-state index contributed by atoms with van der Waals surface area (Å²) in [7, 11) is 1.60. The lowest BCUT2D eigenvalue weighted by Crippen LogP contribution is -2.35. The summed E-state index contributed by atoms with van der Waals surface area (Å²) in [5.41, 5.74) is 2.86. The van der Waals surface area contributed by atoms with Crippen LogP contribution in [0.15, 0.2) is 36.2 Å². The van der Waals surface area contributed by atoms with Gasteiger partial charge in [0, 0.05) is 35.4 Å². The minimum absolute atomic E-state index is 0.0642. The minimum atomic E-state index is -0.185. The van der Waals surface area contributed by atoms with E-state index in [9.17, 15) is 10.1 Å². The van der Waals surface area contributed by atoms with Gasteiger partial charge in [-0.15, -0.1) is 0 Å². The maximum atomic E-state index is 12.4. The number of ether oxygens (including phenoxy) is 1. The van der Waals surface area contributed by atoms with Crippen LogP contribution in [0.5, 0.6) is 5.88 Å². The van der Waals surface area contributed by atoms with E-state index in [4.69, 9.17) is 9.72 Å². The zero-order valence-electron chi connectivity index (χ0n) is 14.6. The summed E-state index contributed by atoms with van der Waals surface area (Å²) in [5.74, 6) is 0.928. The highest BCUT2D eigenvalue weighted by molar-refractivity contribution is 6.01. The van der Waals surface area contributed by atoms with Crippen LogP contribution in [-0.2, 0) is 11.2 Å². The largest absolute Gasteiger partial charge is 0.481 e. The number of rotatable bonds is 2. The molecule has 6 heteroatoms. The number of aromatic nitrogens is 3. The first kappa shape index (κ1) is 16.4. The van der Waals surface area contributed by atoms with Crippen LogP contribution in [0.1, 0.15) is 30.5 Å². The molecule has 0 aromatic carbocycles. The van der Waals surface area contributed by atoms with Crippen LogP contribution in [-0.4, -0.2) is 27.8 Å². The topological polar surface area (TPSA) is 88.8 Å². The maximum absolute atomic E-state index is 12.4. The fourth-order valence-corrected chi connectivity index (χ4v) is 4.03. The van der Waals surface area contributed by atoms with Crippen molar-refractivity contribution >= 4 is 5.78 Å². The molecule has 2 aliphatic carbocycles. The predicted molar refractivity (Wildman–Crippen MR) is 94.2 cm³/mol. The van der Waals surface area contributed by atoms with Gasteiger partial charge in [-0.3, -0.25) is 9.78 Å². The normalized spacial score (nSPS) is 24.1. The SMILES string of the molecule is COc1nc(-c2cccnc2)nc2c1CCC1C(C)C(=O)C(C#N)=CC21. The van der Waals surface area contributed by atoms with Crippen molar-refractivity contribution < 1.29 is 9.53 Å². The average molecular weight is 346 g/mol. The number of Topliss-reactive ketones (excluding diaryl/α,β-unsaturated/α-hetero) is 1. The van der Waals surface area contributed by atoms with Gasteiger partial charge in [0.2, 0.25) is 5.88 Å². The van der Waals surface area contributed by atoms with Crippen molar-refractivity contribution in [1.82, 2.24) is 15.0 Å². The summed E-state index contributed by atoms with van der Waals surface area (Å²) in [6.07, 6.45) is 6.81. The van der Waals surface area contributed by atoms with Gasteiger partial charge in [0.05, 0.1) is 18.4 Å². The Morgan fingerprint density at radius 2 is 2.19 bits per heavy atom. The fraction of sp³-hybridized carbons (Fsp3) is 0.350. The minimum Gasteiger partial charge on any atom is -0.481 e. The van der Waals surface area contributed by atoms with Crippen LogP contribution in [0.25, 0.3) is 11.4 Å². The Morgan fingerprint density at radius 3 is 2.88 bits per heavy atom. The quantitative estimate of drug-likeness (QED) is 0.831. The van der Waals surface area contributed by atoms with Gasteiger partial charge in [-0.1, -0.05) is 13.0 Å². The fourth-order valence-electron chi connectivity index (χ4n) is 4.03. The molecule has 4 rings (SSSR count). The number of fused-ring (bicyclic) bond motifs is 3. The second-order valence-electron chi connectivity index (χ2n) is 6.74. The van der Waals surface area contributed by atoms with Crippen LogP contribution in [0.3, 0.4) is 0 Å². The van der Waals surface area contributed by atoms with E-state index in [1.54, 1.807) is 25.6 Å². The molecule has 2 heterocycles. The zero-order chi connectivity index (χ0) is 18.3. The van der Waals surface area contributed by atoms with E-state index in [0.717, 1.165) is 29.7 Å². The van der Waals surface area contributed by atoms with Gasteiger partial charge in [0.25, 0.3) is 0 Å². The van der Waals surface area contributed by atoms with Crippen LogP contribution in [0.4, 0.5) is 0 Å². The first-order valence-corrected chi connectivity index (χ1v) is 8.65. The van der Waals surface area contributed by atoms with E-state index < -0.39 is 0 Å². The molecule has 26 heavy (non-hydrogen) atoms. The van der Waals surface area contributed by atoms with Crippen LogP contribution in [0.2, 0.25) is 0 Å². The summed E-state index contributed by atoms with van der Waals surface area (Å²) < 4.78 is 5.53. The molecule has 0 aliphatic heterocycles. The average Bonchev–Trinajstić information content (AvgIpc) is 2.70. The van der Waals surface area contributed by atoms with Crippen molar-refractivity contribution in [2.24, 2.45) is 11.8 Å². The molecule has 0 saturated heterocycles. The Hall–Kier alpha value is -3.07. The molecular weight excluding hydrogens is 328 g/mol. The molecule has 0 N–H and O–H groups in total. The Bertz CT molecular complexity index is 946. The molecule has 2 aromatic heterocycles. The van der Waals surface area contributed by atoms with Gasteiger partial charge in [0.1, 0.15) is 6.07 Å². The molecule has 3 atom stereocenters. The number of methoxy groups -OCH3 is 1. The van der Waals surface area contributed by atoms with Gasteiger partial charge in [0.15, 0.2) is 11.6 Å². The summed E-state index contributed by atoms with van der Waals surface area (Å²) >= 11 is 0. The second kappa shape index (κ2) is 6.34. The lowest BCUT2D eigenvalue weighted by Gasteiger charge is -2.37. The molecule has 0 spiro atoms. The van der Waals surface area contributed by atoms with Gasteiger partial charge >= 0.3 is 0 Å². The molecule has 2 aromatic rings. The van der Waals surface area contributed by atoms with Gasteiger partial charge in [-0.2, -0.15) is 10.2 Å². The third kappa shape index (κ3) is 2.48. The number of allylic oxidation sites excluding steroid dienone is 2. The third-order valence-electron chi connectivity index (χ3n) is 5.41. The number of hydrogen-bond acceptors (Lipinski definition) is 6. The summed E-state index contributed by atoms with van der Waals surface area (Å²) in [6, 6.07) is 5.79. The van der Waals surface area contributed by atoms with E-state index in [2.05, 4.69) is 9.97 Å². The Morgan fingerprint density at radius 1 is 1.35 bits per heavy atom. The molecule has 0 fully saturated rings. The number of nitrogens with zero attached hydrogens (tertiary/aromatic N) is 4. The highest BCUT2D eigenvalue weighted by atomic mass is 16.5. The van der Waals surface area contributed by atoms with E-state index in [-0.39, 0.29) is 29.1 Å². The molecule has 0 radical (unpaired) electrons. The number of carbonyl (C=O) groups is 1. The summed E-state index contributed by atoms with van der Waals surface area (Å²) in [6.45, 7) is 1.91. The maximum Gasteiger partial charge on any atom is 0.220 e. The van der Waals surface area contributed by atoms with Gasteiger partial charge < -0.3 is 4.74 Å². The first-order valence-electron chi connectivity index (χ1n) is 8.65. The van der Waals surface area contributed by atoms with Crippen molar-refractivity contribution in [3.8, 4) is 23.3 Å². The lowest BCUT2D eigenvalue weighted by molar-refractivity contribution is -0.120. The second-order valence-corrected chi connectivity index (χ2v) is 6.74. The first-order chi connectivity index (χ1) is 12.6. The Kier molecular flexibility index (Phi) is 4.00. The van der Waals surface area contributed by atoms with E-state index in [0.29, 0.717) is 11.7 Å². The van der Waals surface area contributed by atoms with E-state index in [1.807, 2.05) is 25.1 Å². The summed E-state index contributed by atoms with van der Waals surface area (Å²) in [5, 5.41) is 9.35. The van der Waals surface area contributed by atoms with E-state index in [1.165, 1.54) is 0 Å². The monoisotopic (exact) mass is 346 g/mol. The Balaban J connectivity index is 1.91. The van der Waals surface area contributed by atoms with Crippen LogP contribution >= 0.6 is 0 Å². The molecule has 0 amide bonds. The van der Waals surface area contributed by atoms with Gasteiger partial charge in [-0.25, -0.2) is 4.98 Å². The molecule has 3 unspecified atom stereocenters.